The molecule has 20 heavy (non-hydrogen) atoms. The molecule has 0 aliphatic heterocycles. The Morgan fingerprint density at radius 2 is 1.80 bits per heavy atom. The number of nitrogens with zero attached hydrogens (tertiary/aromatic N) is 1. The molecule has 1 aliphatic carbocycles. The summed E-state index contributed by atoms with van der Waals surface area (Å²) in [5, 5.41) is 0.834. The summed E-state index contributed by atoms with van der Waals surface area (Å²) in [7, 11) is 0. The Bertz CT molecular complexity index is 368. The van der Waals surface area contributed by atoms with Crippen molar-refractivity contribution in [3.05, 3.63) is 34.9 Å². The van der Waals surface area contributed by atoms with Gasteiger partial charge in [0, 0.05) is 18.1 Å². The van der Waals surface area contributed by atoms with Crippen molar-refractivity contribution in [2.45, 2.75) is 58.4 Å². The van der Waals surface area contributed by atoms with E-state index in [0.717, 1.165) is 17.5 Å². The normalized spacial score (nSPS) is 16.8. The van der Waals surface area contributed by atoms with Gasteiger partial charge in [-0.2, -0.15) is 0 Å². The molecule has 0 N–H and O–H groups in total. The molecule has 1 aromatic rings. The van der Waals surface area contributed by atoms with Gasteiger partial charge in [0.1, 0.15) is 0 Å². The van der Waals surface area contributed by atoms with Crippen molar-refractivity contribution in [3.63, 3.8) is 0 Å². The van der Waals surface area contributed by atoms with Crippen LogP contribution in [0.2, 0.25) is 5.02 Å². The van der Waals surface area contributed by atoms with Gasteiger partial charge in [-0.05, 0) is 49.4 Å². The summed E-state index contributed by atoms with van der Waals surface area (Å²) < 4.78 is 0. The Labute approximate surface area is 129 Å². The smallest absolute Gasteiger partial charge is 0.0406 e. The van der Waals surface area contributed by atoms with Crippen LogP contribution in [0.4, 0.5) is 0 Å². The second kappa shape index (κ2) is 8.69. The lowest BCUT2D eigenvalue weighted by Gasteiger charge is -2.29. The zero-order chi connectivity index (χ0) is 14.2. The highest BCUT2D eigenvalue weighted by atomic mass is 35.5. The Morgan fingerprint density at radius 3 is 2.45 bits per heavy atom. The van der Waals surface area contributed by atoms with Crippen LogP contribution in [0, 0.1) is 5.92 Å². The molecule has 2 rings (SSSR count). The van der Waals surface area contributed by atoms with Gasteiger partial charge in [0.2, 0.25) is 0 Å². The number of unbranched alkanes of at least 4 members (excludes halogenated alkanes) is 1. The van der Waals surface area contributed by atoms with E-state index in [1.807, 2.05) is 12.1 Å². The van der Waals surface area contributed by atoms with Crippen molar-refractivity contribution >= 4 is 11.6 Å². The van der Waals surface area contributed by atoms with E-state index in [1.165, 1.54) is 63.6 Å². The van der Waals surface area contributed by atoms with Gasteiger partial charge in [-0.15, -0.1) is 0 Å². The number of hydrogen-bond acceptors (Lipinski definition) is 1. The van der Waals surface area contributed by atoms with E-state index in [4.69, 9.17) is 11.6 Å². The van der Waals surface area contributed by atoms with Crippen molar-refractivity contribution < 1.29 is 0 Å². The predicted octanol–water partition coefficient (Wildman–Crippen LogP) is 5.52. The van der Waals surface area contributed by atoms with Crippen LogP contribution < -0.4 is 0 Å². The molecule has 0 heterocycles. The lowest BCUT2D eigenvalue weighted by atomic mass is 9.89. The maximum Gasteiger partial charge on any atom is 0.0406 e. The average Bonchev–Trinajstić information content (AvgIpc) is 2.48. The summed E-state index contributed by atoms with van der Waals surface area (Å²) in [4.78, 5) is 2.66. The van der Waals surface area contributed by atoms with Crippen molar-refractivity contribution in [3.8, 4) is 0 Å². The van der Waals surface area contributed by atoms with Crippen LogP contribution in [-0.4, -0.2) is 18.0 Å². The van der Waals surface area contributed by atoms with E-state index in [9.17, 15) is 0 Å². The summed E-state index contributed by atoms with van der Waals surface area (Å²) in [6.45, 7) is 5.87. The van der Waals surface area contributed by atoms with Gasteiger partial charge in [-0.3, -0.25) is 4.90 Å². The van der Waals surface area contributed by atoms with Crippen molar-refractivity contribution in [2.24, 2.45) is 5.92 Å². The Hall–Kier alpha value is -0.530. The second-order valence-electron chi connectivity index (χ2n) is 6.22. The lowest BCUT2D eigenvalue weighted by molar-refractivity contribution is 0.191. The monoisotopic (exact) mass is 293 g/mol. The molecule has 0 bridgehead atoms. The molecule has 2 heteroatoms. The molecule has 0 radical (unpaired) electrons. The maximum atomic E-state index is 5.97. The molecule has 0 unspecified atom stereocenters. The molecule has 0 aromatic heterocycles. The Morgan fingerprint density at radius 1 is 1.10 bits per heavy atom. The van der Waals surface area contributed by atoms with Gasteiger partial charge in [0.05, 0.1) is 0 Å². The minimum absolute atomic E-state index is 0.834. The molecule has 1 aromatic carbocycles. The van der Waals surface area contributed by atoms with E-state index >= 15 is 0 Å². The quantitative estimate of drug-likeness (QED) is 0.639. The zero-order valence-electron chi connectivity index (χ0n) is 12.8. The maximum absolute atomic E-state index is 5.97. The fourth-order valence-electron chi connectivity index (χ4n) is 3.20. The van der Waals surface area contributed by atoms with E-state index < -0.39 is 0 Å². The van der Waals surface area contributed by atoms with Gasteiger partial charge in [0.15, 0.2) is 0 Å². The SMILES string of the molecule is CCCCN(Cc1ccc(Cl)cc1)CC1CCCCC1. The minimum atomic E-state index is 0.834. The third-order valence-corrected chi connectivity index (χ3v) is 4.64. The summed E-state index contributed by atoms with van der Waals surface area (Å²) >= 11 is 5.97. The number of halogens is 1. The minimum Gasteiger partial charge on any atom is -0.299 e. The van der Waals surface area contributed by atoms with Crippen LogP contribution in [0.25, 0.3) is 0 Å². The van der Waals surface area contributed by atoms with Crippen LogP contribution >= 0.6 is 11.6 Å². The molecule has 0 amide bonds. The number of benzene rings is 1. The molecule has 112 valence electrons. The predicted molar refractivity (Wildman–Crippen MR) is 88.2 cm³/mol. The summed E-state index contributed by atoms with van der Waals surface area (Å²) in [6, 6.07) is 8.36. The van der Waals surface area contributed by atoms with Gasteiger partial charge in [-0.1, -0.05) is 56.3 Å². The molecule has 0 saturated heterocycles. The molecule has 0 spiro atoms. The van der Waals surface area contributed by atoms with Gasteiger partial charge < -0.3 is 0 Å². The van der Waals surface area contributed by atoms with Crippen LogP contribution in [-0.2, 0) is 6.54 Å². The first-order chi connectivity index (χ1) is 9.78. The molecule has 1 fully saturated rings. The molecular weight excluding hydrogens is 266 g/mol. The fourth-order valence-corrected chi connectivity index (χ4v) is 3.33. The molecule has 0 atom stereocenters. The van der Waals surface area contributed by atoms with Gasteiger partial charge in [0.25, 0.3) is 0 Å². The molecule has 1 saturated carbocycles. The molecule has 1 aliphatic rings. The highest BCUT2D eigenvalue weighted by Crippen LogP contribution is 2.25. The van der Waals surface area contributed by atoms with E-state index in [1.54, 1.807) is 0 Å². The molecular formula is C18H28ClN. The Kier molecular flexibility index (Phi) is 6.89. The summed E-state index contributed by atoms with van der Waals surface area (Å²) in [5.41, 5.74) is 1.39. The third-order valence-electron chi connectivity index (χ3n) is 4.39. The Balaban J connectivity index is 1.89. The average molecular weight is 294 g/mol. The van der Waals surface area contributed by atoms with Crippen LogP contribution in [0.1, 0.15) is 57.4 Å². The number of rotatable bonds is 7. The first kappa shape index (κ1) is 15.9. The van der Waals surface area contributed by atoms with Crippen molar-refractivity contribution in [1.29, 1.82) is 0 Å². The molecule has 1 nitrogen and oxygen atoms in total. The fraction of sp³-hybridized carbons (Fsp3) is 0.667. The van der Waals surface area contributed by atoms with Crippen LogP contribution in [0.3, 0.4) is 0 Å². The van der Waals surface area contributed by atoms with Gasteiger partial charge >= 0.3 is 0 Å². The summed E-state index contributed by atoms with van der Waals surface area (Å²) in [5.74, 6) is 0.924. The number of hydrogen-bond donors (Lipinski definition) is 0. The van der Waals surface area contributed by atoms with Gasteiger partial charge in [-0.25, -0.2) is 0 Å². The lowest BCUT2D eigenvalue weighted by Crippen LogP contribution is -2.31. The van der Waals surface area contributed by atoms with Crippen molar-refractivity contribution in [1.82, 2.24) is 4.90 Å². The first-order valence-electron chi connectivity index (χ1n) is 8.24. The zero-order valence-corrected chi connectivity index (χ0v) is 13.5. The summed E-state index contributed by atoms with van der Waals surface area (Å²) in [6.07, 6.45) is 9.78. The highest BCUT2D eigenvalue weighted by Gasteiger charge is 2.17. The first-order valence-corrected chi connectivity index (χ1v) is 8.62. The van der Waals surface area contributed by atoms with Crippen LogP contribution in [0.15, 0.2) is 24.3 Å². The standard InChI is InChI=1S/C18H28ClN/c1-2-3-13-20(14-16-7-5-4-6-8-16)15-17-9-11-18(19)12-10-17/h9-12,16H,2-8,13-15H2,1H3. The van der Waals surface area contributed by atoms with E-state index in [2.05, 4.69) is 24.0 Å². The van der Waals surface area contributed by atoms with E-state index in [-0.39, 0.29) is 0 Å². The van der Waals surface area contributed by atoms with Crippen molar-refractivity contribution in [2.75, 3.05) is 13.1 Å². The van der Waals surface area contributed by atoms with E-state index in [0.29, 0.717) is 0 Å². The second-order valence-corrected chi connectivity index (χ2v) is 6.66. The largest absolute Gasteiger partial charge is 0.299 e. The topological polar surface area (TPSA) is 3.24 Å². The third kappa shape index (κ3) is 5.46. The van der Waals surface area contributed by atoms with Crippen LogP contribution in [0.5, 0.6) is 0 Å². The highest BCUT2D eigenvalue weighted by molar-refractivity contribution is 6.30.